The van der Waals surface area contributed by atoms with Crippen molar-refractivity contribution < 1.29 is 59.8 Å². The van der Waals surface area contributed by atoms with Gasteiger partial charge < -0.3 is 46.0 Å². The number of carbonyl (C=O) groups excluding carboxylic acids is 2. The molecule has 1 heterocycles. The SMILES string of the molecule is CO[Si](CCCSCC(C)(C)C(=O)OCCOP(=O)(O)O)(OC)OC.CO[Si](CCCSCC(C)N1CCCC1=O)(OC)OC. The van der Waals surface area contributed by atoms with Gasteiger partial charge in [-0.3, -0.25) is 14.1 Å². The molecule has 0 bridgehead atoms. The van der Waals surface area contributed by atoms with Crippen LogP contribution in [0.5, 0.6) is 0 Å². The van der Waals surface area contributed by atoms with E-state index in [4.69, 9.17) is 41.1 Å². The van der Waals surface area contributed by atoms with Gasteiger partial charge in [0.05, 0.1) is 12.0 Å². The molecule has 2 N–H and O–H groups in total. The van der Waals surface area contributed by atoms with Crippen LogP contribution in [-0.2, 0) is 50.0 Å². The van der Waals surface area contributed by atoms with Gasteiger partial charge in [0.2, 0.25) is 5.91 Å². The molecular weight excluding hydrogens is 686 g/mol. The maximum Gasteiger partial charge on any atom is 0.500 e. The standard InChI is InChI=1S/C13H27NO4SSi.C13H29O9PSSi/c1-12(14-8-5-7-13(14)15)11-19-9-6-10-20(16-2,17-3)18-4;1-13(2,12(14)21-7-8-22-23(15,16)17)11-24-9-6-10-25(18-3,19-4)20-5/h12H,5-11H2,1-4H3;6-11H2,1-5H3,(H2,15,16,17). The molecule has 0 aromatic rings. The normalized spacial score (nSPS) is 15.2. The zero-order valence-corrected chi connectivity index (χ0v) is 32.9. The Labute approximate surface area is 280 Å². The molecule has 1 aliphatic heterocycles. The van der Waals surface area contributed by atoms with Gasteiger partial charge in [-0.25, -0.2) is 4.57 Å². The molecule has 14 nitrogen and oxygen atoms in total. The van der Waals surface area contributed by atoms with Crippen molar-refractivity contribution in [3.63, 3.8) is 0 Å². The number of rotatable bonds is 24. The molecule has 1 amide bonds. The Kier molecular flexibility index (Phi) is 23.3. The first-order valence-electron chi connectivity index (χ1n) is 14.7. The monoisotopic (exact) mass is 741 g/mol. The van der Waals surface area contributed by atoms with Crippen molar-refractivity contribution in [2.24, 2.45) is 5.41 Å². The molecule has 0 aromatic heterocycles. The molecule has 1 rings (SSSR count). The van der Waals surface area contributed by atoms with Crippen LogP contribution in [0.3, 0.4) is 0 Å². The van der Waals surface area contributed by atoms with Crippen molar-refractivity contribution in [1.82, 2.24) is 4.90 Å². The Balaban J connectivity index is 0.000000880. The lowest BCUT2D eigenvalue weighted by Gasteiger charge is -2.25. The zero-order valence-electron chi connectivity index (χ0n) is 28.4. The third-order valence-electron chi connectivity index (χ3n) is 7.00. The number of phosphoric ester groups is 1. The summed E-state index contributed by atoms with van der Waals surface area (Å²) >= 11 is 3.49. The Hall–Kier alpha value is -0.0562. The summed E-state index contributed by atoms with van der Waals surface area (Å²) in [4.78, 5) is 42.7. The first-order valence-corrected chi connectivity index (χ1v) is 22.4. The van der Waals surface area contributed by atoms with Crippen LogP contribution < -0.4 is 0 Å². The second-order valence-electron chi connectivity index (χ2n) is 10.8. The summed E-state index contributed by atoms with van der Waals surface area (Å²) in [5.41, 5.74) is -0.717. The second-order valence-corrected chi connectivity index (χ2v) is 20.5. The van der Waals surface area contributed by atoms with E-state index in [0.29, 0.717) is 23.7 Å². The summed E-state index contributed by atoms with van der Waals surface area (Å²) in [5, 5.41) is 0. The number of amides is 1. The molecule has 268 valence electrons. The zero-order chi connectivity index (χ0) is 34.6. The van der Waals surface area contributed by atoms with Gasteiger partial charge >= 0.3 is 31.4 Å². The molecular formula is C26H56NO13PS2Si2. The van der Waals surface area contributed by atoms with Gasteiger partial charge in [-0.05, 0) is 51.5 Å². The molecule has 1 saturated heterocycles. The first kappa shape index (κ1) is 44.9. The predicted octanol–water partition coefficient (Wildman–Crippen LogP) is 3.67. The second kappa shape index (κ2) is 23.3. The third kappa shape index (κ3) is 18.3. The van der Waals surface area contributed by atoms with Crippen molar-refractivity contribution in [3.8, 4) is 0 Å². The van der Waals surface area contributed by atoms with E-state index in [1.54, 1.807) is 68.3 Å². The highest BCUT2D eigenvalue weighted by Gasteiger charge is 2.38. The summed E-state index contributed by atoms with van der Waals surface area (Å²) in [7, 11) is 0.151. The van der Waals surface area contributed by atoms with Crippen molar-refractivity contribution in [1.29, 1.82) is 0 Å². The Morgan fingerprint density at radius 2 is 1.40 bits per heavy atom. The van der Waals surface area contributed by atoms with Crippen LogP contribution in [0.25, 0.3) is 0 Å². The van der Waals surface area contributed by atoms with Crippen molar-refractivity contribution in [2.45, 2.75) is 64.6 Å². The Morgan fingerprint density at radius 1 is 0.911 bits per heavy atom. The predicted molar refractivity (Wildman–Crippen MR) is 180 cm³/mol. The Morgan fingerprint density at radius 3 is 1.82 bits per heavy atom. The number of hydrogen-bond donors (Lipinski definition) is 2. The highest BCUT2D eigenvalue weighted by atomic mass is 32.2. The van der Waals surface area contributed by atoms with E-state index >= 15 is 0 Å². The van der Waals surface area contributed by atoms with Crippen LogP contribution in [-0.4, -0.2) is 136 Å². The van der Waals surface area contributed by atoms with Crippen LogP contribution in [0, 0.1) is 5.41 Å². The number of phosphoric acid groups is 1. The fourth-order valence-electron chi connectivity index (χ4n) is 4.25. The molecule has 0 aliphatic carbocycles. The number of likely N-dealkylation sites (tertiary alicyclic amines) is 1. The van der Waals surface area contributed by atoms with Crippen molar-refractivity contribution in [3.05, 3.63) is 0 Å². The number of ether oxygens (including phenoxy) is 1. The van der Waals surface area contributed by atoms with Crippen LogP contribution in [0.15, 0.2) is 0 Å². The lowest BCUT2D eigenvalue weighted by molar-refractivity contribution is -0.153. The van der Waals surface area contributed by atoms with E-state index in [1.807, 2.05) is 16.7 Å². The Bertz CT molecular complexity index is 863. The number of hydrogen-bond acceptors (Lipinski definition) is 13. The summed E-state index contributed by atoms with van der Waals surface area (Å²) in [6.45, 7) is 6.01. The van der Waals surface area contributed by atoms with E-state index in [9.17, 15) is 14.2 Å². The fraction of sp³-hybridized carbons (Fsp3) is 0.923. The molecule has 0 spiro atoms. The number of thioether (sulfide) groups is 2. The maximum atomic E-state index is 12.0. The lowest BCUT2D eigenvalue weighted by Crippen LogP contribution is -2.42. The lowest BCUT2D eigenvalue weighted by atomic mass is 9.97. The van der Waals surface area contributed by atoms with E-state index in [-0.39, 0.29) is 13.2 Å². The molecule has 1 aliphatic rings. The van der Waals surface area contributed by atoms with Gasteiger partial charge in [-0.2, -0.15) is 23.5 Å². The van der Waals surface area contributed by atoms with Gasteiger partial charge in [0.1, 0.15) is 6.61 Å². The quantitative estimate of drug-likeness (QED) is 0.0636. The molecule has 1 fully saturated rings. The van der Waals surface area contributed by atoms with E-state index < -0.39 is 36.8 Å². The van der Waals surface area contributed by atoms with Gasteiger partial charge in [0.15, 0.2) is 0 Å². The smallest absolute Gasteiger partial charge is 0.463 e. The number of esters is 1. The van der Waals surface area contributed by atoms with Gasteiger partial charge in [0.25, 0.3) is 0 Å². The molecule has 45 heavy (non-hydrogen) atoms. The summed E-state index contributed by atoms with van der Waals surface area (Å²) in [6.07, 6.45) is 3.57. The molecule has 19 heteroatoms. The molecule has 0 aromatic carbocycles. The van der Waals surface area contributed by atoms with Gasteiger partial charge in [0, 0.05) is 85.3 Å². The largest absolute Gasteiger partial charge is 0.500 e. The number of carbonyl (C=O) groups is 2. The third-order valence-corrected chi connectivity index (χ3v) is 16.0. The highest BCUT2D eigenvalue weighted by Crippen LogP contribution is 2.35. The van der Waals surface area contributed by atoms with Crippen LogP contribution in [0.1, 0.15) is 46.5 Å². The van der Waals surface area contributed by atoms with E-state index in [2.05, 4.69) is 11.4 Å². The first-order chi connectivity index (χ1) is 21.1. The van der Waals surface area contributed by atoms with Crippen LogP contribution in [0.2, 0.25) is 12.1 Å². The highest BCUT2D eigenvalue weighted by molar-refractivity contribution is 7.99. The summed E-state index contributed by atoms with van der Waals surface area (Å²) in [6, 6.07) is 1.86. The number of nitrogens with zero attached hydrogens (tertiary/aromatic N) is 1. The fourth-order valence-corrected chi connectivity index (χ4v) is 10.7. The summed E-state index contributed by atoms with van der Waals surface area (Å²) < 4.78 is 51.9. The van der Waals surface area contributed by atoms with E-state index in [1.165, 1.54) is 0 Å². The average Bonchev–Trinajstić information content (AvgIpc) is 3.45. The van der Waals surface area contributed by atoms with Crippen molar-refractivity contribution >= 4 is 60.8 Å². The van der Waals surface area contributed by atoms with Gasteiger partial charge in [-0.15, -0.1) is 0 Å². The minimum absolute atomic E-state index is 0.207. The molecule has 1 unspecified atom stereocenters. The van der Waals surface area contributed by atoms with E-state index in [0.717, 1.165) is 55.5 Å². The van der Waals surface area contributed by atoms with Crippen LogP contribution >= 0.6 is 31.3 Å². The van der Waals surface area contributed by atoms with Crippen LogP contribution in [0.4, 0.5) is 0 Å². The average molecular weight is 742 g/mol. The molecule has 0 radical (unpaired) electrons. The minimum Gasteiger partial charge on any atom is -0.463 e. The van der Waals surface area contributed by atoms with Crippen molar-refractivity contribution in [2.75, 3.05) is 85.4 Å². The maximum absolute atomic E-state index is 12.0. The minimum atomic E-state index is -4.54. The molecule has 1 atom stereocenters. The van der Waals surface area contributed by atoms with Gasteiger partial charge in [-0.1, -0.05) is 0 Å². The summed E-state index contributed by atoms with van der Waals surface area (Å²) in [5.74, 6) is 3.26. The topological polar surface area (TPSA) is 169 Å². The molecule has 0 saturated carbocycles.